The molecular weight excluding hydrogens is 184 g/mol. The molecule has 4 atom stereocenters. The molecule has 1 aliphatic rings. The highest BCUT2D eigenvalue weighted by molar-refractivity contribution is 5.22. The molecule has 0 radical (unpaired) electrons. The van der Waals surface area contributed by atoms with Crippen LogP contribution in [0.5, 0.6) is 0 Å². The number of aliphatic hydroxyl groups is 3. The van der Waals surface area contributed by atoms with Gasteiger partial charge in [0.25, 0.3) is 6.43 Å². The minimum Gasteiger partial charge on any atom is -0.388 e. The molecule has 6 heteroatoms. The van der Waals surface area contributed by atoms with Crippen LogP contribution in [0.1, 0.15) is 0 Å². The van der Waals surface area contributed by atoms with E-state index in [1.807, 2.05) is 0 Å². The van der Waals surface area contributed by atoms with Gasteiger partial charge in [-0.15, -0.1) is 0 Å². The van der Waals surface area contributed by atoms with Crippen molar-refractivity contribution in [1.82, 2.24) is 0 Å². The van der Waals surface area contributed by atoms with Gasteiger partial charge in [-0.3, -0.25) is 0 Å². The lowest BCUT2D eigenvalue weighted by Gasteiger charge is -2.32. The summed E-state index contributed by atoms with van der Waals surface area (Å²) < 4.78 is 24.3. The van der Waals surface area contributed by atoms with Gasteiger partial charge < -0.3 is 21.1 Å². The zero-order valence-electron chi connectivity index (χ0n) is 6.64. The van der Waals surface area contributed by atoms with Crippen molar-refractivity contribution in [1.29, 1.82) is 0 Å². The van der Waals surface area contributed by atoms with E-state index in [9.17, 15) is 8.78 Å². The van der Waals surface area contributed by atoms with Crippen LogP contribution in [0.2, 0.25) is 0 Å². The summed E-state index contributed by atoms with van der Waals surface area (Å²) in [6, 6.07) is -1.07. The molecule has 0 saturated heterocycles. The number of rotatable bonds is 1. The van der Waals surface area contributed by atoms with Crippen LogP contribution in [0.3, 0.4) is 0 Å². The summed E-state index contributed by atoms with van der Waals surface area (Å²) >= 11 is 0. The van der Waals surface area contributed by atoms with Gasteiger partial charge in [-0.2, -0.15) is 0 Å². The Morgan fingerprint density at radius 2 is 1.77 bits per heavy atom. The van der Waals surface area contributed by atoms with E-state index in [0.717, 1.165) is 6.08 Å². The van der Waals surface area contributed by atoms with E-state index in [0.29, 0.717) is 0 Å². The molecule has 0 bridgehead atoms. The fourth-order valence-corrected chi connectivity index (χ4v) is 1.23. The van der Waals surface area contributed by atoms with Crippen molar-refractivity contribution in [3.05, 3.63) is 11.6 Å². The van der Waals surface area contributed by atoms with Crippen LogP contribution in [0.15, 0.2) is 11.6 Å². The Bertz CT molecular complexity index is 222. The van der Waals surface area contributed by atoms with Gasteiger partial charge in [0.2, 0.25) is 0 Å². The Morgan fingerprint density at radius 3 is 2.23 bits per heavy atom. The van der Waals surface area contributed by atoms with Crippen LogP contribution in [-0.2, 0) is 0 Å². The van der Waals surface area contributed by atoms with Crippen molar-refractivity contribution in [2.24, 2.45) is 5.73 Å². The van der Waals surface area contributed by atoms with Crippen molar-refractivity contribution < 1.29 is 24.1 Å². The molecule has 0 aromatic rings. The number of hydrogen-bond donors (Lipinski definition) is 4. The molecule has 0 unspecified atom stereocenters. The third kappa shape index (κ3) is 1.86. The number of alkyl halides is 2. The first-order valence-corrected chi connectivity index (χ1v) is 3.74. The van der Waals surface area contributed by atoms with Gasteiger partial charge in [0.05, 0.1) is 6.04 Å². The molecule has 0 aromatic carbocycles. The molecule has 0 saturated carbocycles. The lowest BCUT2D eigenvalue weighted by molar-refractivity contribution is -0.0656. The SMILES string of the molecule is N[C@@H]1C=C(C(F)F)[C@@H](O)[C@H](O)[C@H]1O. The quantitative estimate of drug-likeness (QED) is 0.388. The monoisotopic (exact) mass is 195 g/mol. The van der Waals surface area contributed by atoms with Crippen LogP contribution in [0.25, 0.3) is 0 Å². The second kappa shape index (κ2) is 3.67. The Balaban J connectivity index is 2.91. The molecule has 1 aliphatic carbocycles. The number of aliphatic hydroxyl groups excluding tert-OH is 3. The molecule has 5 N–H and O–H groups in total. The summed E-state index contributed by atoms with van der Waals surface area (Å²) in [4.78, 5) is 0. The maximum atomic E-state index is 12.2. The Kier molecular flexibility index (Phi) is 2.97. The highest BCUT2D eigenvalue weighted by Gasteiger charge is 2.38. The molecule has 0 heterocycles. The van der Waals surface area contributed by atoms with E-state index in [2.05, 4.69) is 0 Å². The van der Waals surface area contributed by atoms with Crippen LogP contribution < -0.4 is 5.73 Å². The number of nitrogens with two attached hydrogens (primary N) is 1. The van der Waals surface area contributed by atoms with E-state index in [-0.39, 0.29) is 0 Å². The molecule has 1 rings (SSSR count). The molecule has 0 aromatic heterocycles. The minimum absolute atomic E-state index is 0.634. The van der Waals surface area contributed by atoms with Gasteiger partial charge in [0, 0.05) is 5.57 Å². The molecule has 0 amide bonds. The van der Waals surface area contributed by atoms with Crippen molar-refractivity contribution in [3.63, 3.8) is 0 Å². The molecule has 0 aliphatic heterocycles. The summed E-state index contributed by atoms with van der Waals surface area (Å²) in [5.41, 5.74) is 4.59. The minimum atomic E-state index is -2.87. The summed E-state index contributed by atoms with van der Waals surface area (Å²) in [7, 11) is 0. The molecular formula is C7H11F2NO3. The topological polar surface area (TPSA) is 86.7 Å². The largest absolute Gasteiger partial charge is 0.388 e. The van der Waals surface area contributed by atoms with Gasteiger partial charge in [-0.05, 0) is 0 Å². The maximum Gasteiger partial charge on any atom is 0.262 e. The predicted octanol–water partition coefficient (Wildman–Crippen LogP) is -1.40. The average molecular weight is 195 g/mol. The third-order valence-electron chi connectivity index (χ3n) is 2.05. The lowest BCUT2D eigenvalue weighted by Crippen LogP contribution is -2.52. The second-order valence-corrected chi connectivity index (χ2v) is 2.97. The van der Waals surface area contributed by atoms with Crippen LogP contribution >= 0.6 is 0 Å². The molecule has 13 heavy (non-hydrogen) atoms. The van der Waals surface area contributed by atoms with Crippen molar-refractivity contribution in [2.45, 2.75) is 30.8 Å². The fraction of sp³-hybridized carbons (Fsp3) is 0.714. The molecule has 0 spiro atoms. The fourth-order valence-electron chi connectivity index (χ4n) is 1.23. The van der Waals surface area contributed by atoms with E-state index < -0.39 is 36.4 Å². The average Bonchev–Trinajstić information content (AvgIpc) is 2.07. The standard InChI is InChI=1S/C7H11F2NO3/c8-7(9)2-1-3(10)5(12)6(13)4(2)11/h1,3-7,11-13H,10H2/t3-,4-,5+,6+/m1/s1. The van der Waals surface area contributed by atoms with E-state index in [4.69, 9.17) is 21.1 Å². The normalized spacial score (nSPS) is 40.7. The maximum absolute atomic E-state index is 12.2. The summed E-state index contributed by atoms with van der Waals surface area (Å²) in [6.07, 6.45) is -6.79. The second-order valence-electron chi connectivity index (χ2n) is 2.97. The van der Waals surface area contributed by atoms with Gasteiger partial charge >= 0.3 is 0 Å². The Morgan fingerprint density at radius 1 is 1.23 bits per heavy atom. The molecule has 0 fully saturated rings. The highest BCUT2D eigenvalue weighted by Crippen LogP contribution is 2.23. The van der Waals surface area contributed by atoms with Crippen molar-refractivity contribution in [2.75, 3.05) is 0 Å². The van der Waals surface area contributed by atoms with E-state index >= 15 is 0 Å². The van der Waals surface area contributed by atoms with Crippen LogP contribution in [0, 0.1) is 0 Å². The first-order chi connectivity index (χ1) is 5.95. The van der Waals surface area contributed by atoms with E-state index in [1.165, 1.54) is 0 Å². The first-order valence-electron chi connectivity index (χ1n) is 3.74. The zero-order chi connectivity index (χ0) is 10.2. The smallest absolute Gasteiger partial charge is 0.262 e. The van der Waals surface area contributed by atoms with Crippen LogP contribution in [0.4, 0.5) is 8.78 Å². The Labute approximate surface area is 73.3 Å². The van der Waals surface area contributed by atoms with Gasteiger partial charge in [-0.1, -0.05) is 6.08 Å². The third-order valence-corrected chi connectivity index (χ3v) is 2.05. The number of halogens is 2. The summed E-state index contributed by atoms with van der Waals surface area (Å²) in [5.74, 6) is 0. The highest BCUT2D eigenvalue weighted by atomic mass is 19.3. The van der Waals surface area contributed by atoms with Gasteiger partial charge in [0.1, 0.15) is 18.3 Å². The van der Waals surface area contributed by atoms with Crippen molar-refractivity contribution >= 4 is 0 Å². The van der Waals surface area contributed by atoms with Crippen molar-refractivity contribution in [3.8, 4) is 0 Å². The molecule has 76 valence electrons. The molecule has 4 nitrogen and oxygen atoms in total. The zero-order valence-corrected chi connectivity index (χ0v) is 6.64. The lowest BCUT2D eigenvalue weighted by atomic mass is 9.89. The first kappa shape index (κ1) is 10.5. The number of hydrogen-bond acceptors (Lipinski definition) is 4. The summed E-state index contributed by atoms with van der Waals surface area (Å²) in [5, 5.41) is 27.3. The van der Waals surface area contributed by atoms with Gasteiger partial charge in [0.15, 0.2) is 0 Å². The van der Waals surface area contributed by atoms with Gasteiger partial charge in [-0.25, -0.2) is 8.78 Å². The van der Waals surface area contributed by atoms with Crippen LogP contribution in [-0.4, -0.2) is 46.1 Å². The van der Waals surface area contributed by atoms with E-state index in [1.54, 1.807) is 0 Å². The predicted molar refractivity (Wildman–Crippen MR) is 40.1 cm³/mol. The Hall–Kier alpha value is -0.560. The summed E-state index contributed by atoms with van der Waals surface area (Å²) in [6.45, 7) is 0.